The zero-order chi connectivity index (χ0) is 10.5. The van der Waals surface area contributed by atoms with Crippen LogP contribution in [0, 0.1) is 5.92 Å². The van der Waals surface area contributed by atoms with Crippen molar-refractivity contribution >= 4 is 12.6 Å². The smallest absolute Gasteiger partial charge is 0.0198 e. The summed E-state index contributed by atoms with van der Waals surface area (Å²) in [6.07, 6.45) is 2.57. The molecule has 0 aromatic heterocycles. The van der Waals surface area contributed by atoms with Gasteiger partial charge in [0, 0.05) is 17.3 Å². The van der Waals surface area contributed by atoms with Crippen LogP contribution < -0.4 is 5.32 Å². The number of hydrogen-bond donors (Lipinski definition) is 2. The Hall–Kier alpha value is 0.310. The quantitative estimate of drug-likeness (QED) is 0.632. The molecule has 0 spiro atoms. The highest BCUT2D eigenvalue weighted by atomic mass is 32.1. The molecule has 0 saturated heterocycles. The first-order valence-electron chi connectivity index (χ1n) is 5.27. The Morgan fingerprint density at radius 2 is 1.69 bits per heavy atom. The lowest BCUT2D eigenvalue weighted by molar-refractivity contribution is 0.437. The molecule has 0 aliphatic carbocycles. The maximum absolute atomic E-state index is 4.48. The molecule has 0 aromatic carbocycles. The Kier molecular flexibility index (Phi) is 6.06. The molecule has 2 heteroatoms. The molecule has 0 aromatic rings. The van der Waals surface area contributed by atoms with E-state index in [1.807, 2.05) is 0 Å². The van der Waals surface area contributed by atoms with Crippen LogP contribution in [0.2, 0.25) is 0 Å². The van der Waals surface area contributed by atoms with Crippen LogP contribution in [0.4, 0.5) is 0 Å². The van der Waals surface area contributed by atoms with Gasteiger partial charge in [-0.15, -0.1) is 0 Å². The molecule has 0 aliphatic rings. The lowest BCUT2D eigenvalue weighted by atomic mass is 10.0. The Balaban J connectivity index is 3.46. The third kappa shape index (κ3) is 10.2. The third-order valence-electron chi connectivity index (χ3n) is 2.06. The molecular weight excluding hydrogens is 178 g/mol. The summed E-state index contributed by atoms with van der Waals surface area (Å²) in [5, 5.41) is 3.50. The summed E-state index contributed by atoms with van der Waals surface area (Å²) in [7, 11) is 0. The van der Waals surface area contributed by atoms with Gasteiger partial charge in [0.2, 0.25) is 0 Å². The van der Waals surface area contributed by atoms with Crippen molar-refractivity contribution in [2.75, 3.05) is 6.54 Å². The molecule has 0 rings (SSSR count). The van der Waals surface area contributed by atoms with Crippen LogP contribution in [0.3, 0.4) is 0 Å². The van der Waals surface area contributed by atoms with Crippen molar-refractivity contribution < 1.29 is 0 Å². The molecule has 0 aliphatic heterocycles. The maximum atomic E-state index is 4.48. The van der Waals surface area contributed by atoms with Crippen molar-refractivity contribution in [3.8, 4) is 0 Å². The normalized spacial score (nSPS) is 15.0. The van der Waals surface area contributed by atoms with E-state index in [4.69, 9.17) is 0 Å². The van der Waals surface area contributed by atoms with Crippen molar-refractivity contribution in [2.24, 2.45) is 5.92 Å². The van der Waals surface area contributed by atoms with Gasteiger partial charge in [-0.25, -0.2) is 0 Å². The number of thiol groups is 1. The molecule has 80 valence electrons. The minimum atomic E-state index is 0.103. The lowest BCUT2D eigenvalue weighted by Gasteiger charge is -2.22. The van der Waals surface area contributed by atoms with E-state index in [1.54, 1.807) is 0 Å². The van der Waals surface area contributed by atoms with Crippen LogP contribution in [-0.4, -0.2) is 17.3 Å². The average Bonchev–Trinajstić information content (AvgIpc) is 1.95. The van der Waals surface area contributed by atoms with Gasteiger partial charge in [0.1, 0.15) is 0 Å². The molecule has 0 bridgehead atoms. The summed E-state index contributed by atoms with van der Waals surface area (Å²) >= 11 is 4.48. The van der Waals surface area contributed by atoms with E-state index in [0.717, 1.165) is 12.5 Å². The molecule has 13 heavy (non-hydrogen) atoms. The molecular formula is C11H25NS. The fourth-order valence-corrected chi connectivity index (χ4v) is 1.20. The Morgan fingerprint density at radius 1 is 1.15 bits per heavy atom. The van der Waals surface area contributed by atoms with E-state index >= 15 is 0 Å². The second-order valence-electron chi connectivity index (χ2n) is 5.07. The van der Waals surface area contributed by atoms with E-state index < -0.39 is 0 Å². The second-order valence-corrected chi connectivity index (χ2v) is 6.28. The predicted octanol–water partition coefficient (Wildman–Crippen LogP) is 3.11. The largest absolute Gasteiger partial charge is 0.313 e. The molecule has 0 radical (unpaired) electrons. The number of rotatable bonds is 6. The van der Waals surface area contributed by atoms with Crippen molar-refractivity contribution in [2.45, 2.75) is 58.2 Å². The van der Waals surface area contributed by atoms with E-state index in [9.17, 15) is 0 Å². The van der Waals surface area contributed by atoms with Crippen LogP contribution in [0.5, 0.6) is 0 Å². The van der Waals surface area contributed by atoms with Gasteiger partial charge < -0.3 is 5.32 Å². The highest BCUT2D eigenvalue weighted by Crippen LogP contribution is 2.11. The average molecular weight is 203 g/mol. The van der Waals surface area contributed by atoms with E-state index in [1.165, 1.54) is 12.8 Å². The van der Waals surface area contributed by atoms with Crippen molar-refractivity contribution in [1.29, 1.82) is 0 Å². The molecule has 1 nitrogen and oxygen atoms in total. The molecule has 1 atom stereocenters. The van der Waals surface area contributed by atoms with E-state index in [2.05, 4.69) is 52.6 Å². The van der Waals surface area contributed by atoms with Crippen LogP contribution in [0.25, 0.3) is 0 Å². The van der Waals surface area contributed by atoms with Gasteiger partial charge in [0.05, 0.1) is 0 Å². The van der Waals surface area contributed by atoms with Crippen molar-refractivity contribution in [3.63, 3.8) is 0 Å². The number of nitrogens with one attached hydrogen (secondary N) is 1. The molecule has 0 saturated carbocycles. The summed E-state index contributed by atoms with van der Waals surface area (Å²) in [5.41, 5.74) is 0. The standard InChI is InChI=1S/C11H25NS/c1-9(2)6-7-10(3)12-8-11(4,5)13/h9-10,12-13H,6-8H2,1-5H3. The second kappa shape index (κ2) is 5.92. The monoisotopic (exact) mass is 203 g/mol. The fourth-order valence-electron chi connectivity index (χ4n) is 1.11. The third-order valence-corrected chi connectivity index (χ3v) is 2.22. The summed E-state index contributed by atoms with van der Waals surface area (Å²) < 4.78 is 0.103. The Bertz CT molecular complexity index is 127. The minimum Gasteiger partial charge on any atom is -0.313 e. The van der Waals surface area contributed by atoms with Gasteiger partial charge in [-0.1, -0.05) is 13.8 Å². The summed E-state index contributed by atoms with van der Waals surface area (Å²) in [6.45, 7) is 12.1. The SMILES string of the molecule is CC(C)CCC(C)NCC(C)(C)S. The maximum Gasteiger partial charge on any atom is 0.0198 e. The minimum absolute atomic E-state index is 0.103. The van der Waals surface area contributed by atoms with Crippen molar-refractivity contribution in [3.05, 3.63) is 0 Å². The van der Waals surface area contributed by atoms with E-state index in [-0.39, 0.29) is 4.75 Å². The summed E-state index contributed by atoms with van der Waals surface area (Å²) in [5.74, 6) is 0.813. The molecule has 0 fully saturated rings. The topological polar surface area (TPSA) is 12.0 Å². The van der Waals surface area contributed by atoms with Crippen LogP contribution in [0.1, 0.15) is 47.5 Å². The van der Waals surface area contributed by atoms with Crippen LogP contribution in [0.15, 0.2) is 0 Å². The van der Waals surface area contributed by atoms with Gasteiger partial charge in [-0.05, 0) is 39.5 Å². The highest BCUT2D eigenvalue weighted by Gasteiger charge is 2.12. The molecule has 0 amide bonds. The van der Waals surface area contributed by atoms with Gasteiger partial charge in [0.25, 0.3) is 0 Å². The molecule has 1 N–H and O–H groups in total. The summed E-state index contributed by atoms with van der Waals surface area (Å²) in [6, 6.07) is 0.619. The fraction of sp³-hybridized carbons (Fsp3) is 1.00. The zero-order valence-corrected chi connectivity index (χ0v) is 10.6. The van der Waals surface area contributed by atoms with Crippen LogP contribution >= 0.6 is 12.6 Å². The number of hydrogen-bond acceptors (Lipinski definition) is 2. The van der Waals surface area contributed by atoms with E-state index in [0.29, 0.717) is 6.04 Å². The van der Waals surface area contributed by atoms with Gasteiger partial charge in [-0.2, -0.15) is 12.6 Å². The highest BCUT2D eigenvalue weighted by molar-refractivity contribution is 7.81. The first kappa shape index (κ1) is 13.3. The first-order valence-corrected chi connectivity index (χ1v) is 5.72. The predicted molar refractivity (Wildman–Crippen MR) is 64.6 cm³/mol. The molecule has 1 unspecified atom stereocenters. The molecule has 0 heterocycles. The van der Waals surface area contributed by atoms with Gasteiger partial charge in [-0.3, -0.25) is 0 Å². The van der Waals surface area contributed by atoms with Gasteiger partial charge >= 0.3 is 0 Å². The van der Waals surface area contributed by atoms with Crippen molar-refractivity contribution in [1.82, 2.24) is 5.32 Å². The zero-order valence-electron chi connectivity index (χ0n) is 9.72. The van der Waals surface area contributed by atoms with Crippen LogP contribution in [-0.2, 0) is 0 Å². The first-order chi connectivity index (χ1) is 5.81. The van der Waals surface area contributed by atoms with Gasteiger partial charge in [0.15, 0.2) is 0 Å². The Labute approximate surface area is 89.1 Å². The summed E-state index contributed by atoms with van der Waals surface area (Å²) in [4.78, 5) is 0. The lowest BCUT2D eigenvalue weighted by Crippen LogP contribution is -2.36. The Morgan fingerprint density at radius 3 is 2.08 bits per heavy atom.